The van der Waals surface area contributed by atoms with Crippen LogP contribution >= 0.6 is 0 Å². The van der Waals surface area contributed by atoms with Crippen LogP contribution in [0.1, 0.15) is 27.7 Å². The molecule has 4 heterocycles. The summed E-state index contributed by atoms with van der Waals surface area (Å²) in [6.45, 7) is 0.884. The van der Waals surface area contributed by atoms with Crippen molar-refractivity contribution in [3.63, 3.8) is 0 Å². The van der Waals surface area contributed by atoms with Crippen LogP contribution in [0.25, 0.3) is 0 Å². The molecule has 8 unspecified atom stereocenters. The average Bonchev–Trinajstić information content (AvgIpc) is 3.14. The second-order valence-electron chi connectivity index (χ2n) is 14.1. The summed E-state index contributed by atoms with van der Waals surface area (Å²) in [5.41, 5.74) is 0. The summed E-state index contributed by atoms with van der Waals surface area (Å²) in [5, 5.41) is 116. The van der Waals surface area contributed by atoms with E-state index < -0.39 is 173 Å². The Kier molecular flexibility index (Phi) is 16.8. The fourth-order valence-electron chi connectivity index (χ4n) is 7.17. The predicted octanol–water partition coefficient (Wildman–Crippen LogP) is -9.17. The van der Waals surface area contributed by atoms with Crippen LogP contribution in [-0.4, -0.2) is 224 Å². The molecule has 25 nitrogen and oxygen atoms in total. The van der Waals surface area contributed by atoms with Gasteiger partial charge in [0.1, 0.15) is 97.4 Å². The third-order valence-electron chi connectivity index (χ3n) is 9.81. The molecule has 0 spiro atoms. The molecule has 4 amide bonds. The molecule has 4 saturated heterocycles. The van der Waals surface area contributed by atoms with E-state index in [1.54, 1.807) is 0 Å². The van der Waals surface area contributed by atoms with Crippen molar-refractivity contribution in [1.82, 2.24) is 21.3 Å². The van der Waals surface area contributed by atoms with Gasteiger partial charge in [-0.05, 0) is 0 Å². The number of aliphatic hydroxyl groups is 10. The van der Waals surface area contributed by atoms with Crippen molar-refractivity contribution in [2.45, 2.75) is 150 Å². The molecule has 4 fully saturated rings. The summed E-state index contributed by atoms with van der Waals surface area (Å²) >= 11 is 0. The monoisotopic (exact) mass is 830 g/mol. The van der Waals surface area contributed by atoms with Gasteiger partial charge in [0.25, 0.3) is 0 Å². The zero-order chi connectivity index (χ0) is 42.5. The number of aliphatic hydroxyl groups excluding tert-OH is 10. The van der Waals surface area contributed by atoms with Crippen molar-refractivity contribution in [1.29, 1.82) is 0 Å². The highest BCUT2D eigenvalue weighted by Crippen LogP contribution is 2.34. The smallest absolute Gasteiger partial charge is 0.217 e. The van der Waals surface area contributed by atoms with Crippen LogP contribution in [0.4, 0.5) is 0 Å². The topological polar surface area (TPSA) is 383 Å². The Morgan fingerprint density at radius 1 is 0.421 bits per heavy atom. The van der Waals surface area contributed by atoms with Gasteiger partial charge in [0.2, 0.25) is 23.6 Å². The van der Waals surface area contributed by atoms with Crippen molar-refractivity contribution < 1.29 is 103 Å². The maximum Gasteiger partial charge on any atom is 0.217 e. The molecule has 0 radical (unpaired) electrons. The Labute approximate surface area is 325 Å². The van der Waals surface area contributed by atoms with Crippen LogP contribution in [0.3, 0.4) is 0 Å². The molecule has 0 aromatic rings. The van der Waals surface area contributed by atoms with E-state index in [4.69, 9.17) is 33.2 Å². The van der Waals surface area contributed by atoms with Crippen molar-refractivity contribution in [2.75, 3.05) is 26.4 Å². The first-order valence-corrected chi connectivity index (χ1v) is 18.1. The fraction of sp³-hybridized carbons (Fsp3) is 0.875. The standard InChI is InChI=1S/C32H54N4O21/c1-9(41)33-17-23(47)26(14(6-38)51-29(17)50)55-31-19(35-11(3)43)25(49)28(16(8-40)53-31)57-32-20(36-12(4)44)24(48)27(15(7-39)54-32)56-30-18(34-10(2)42)22(46)21(45)13(5-37)52-30/h13-32,37-40,45-50H,5-8H2,1-4H3,(H,33,41)(H,34,42)(H,35,43)(H,36,44)/t13?,14?,15?,16?,17-,18-,19-,20-,21+,22?,23?,24?,25?,26+,27+,28+,29+,30-,31-,32-/m0/s1. The van der Waals surface area contributed by atoms with Crippen LogP contribution in [-0.2, 0) is 52.3 Å². The maximum atomic E-state index is 12.4. The SMILES string of the molecule is CC(=O)N[C@H]1C(O)[C@H](O)C(CO)O[C@H]1O[C@@H]1C(CO)O[C@@H](O[C@@H]2C(CO)O[C@@H](O[C@@H]3C(CO)O[C@@H](O)[C@@H](NC(C)=O)C3O)[C@@H](NC(C)=O)C2O)[C@@H](NC(C)=O)C1O. The molecular weight excluding hydrogens is 776 g/mol. The van der Waals surface area contributed by atoms with Gasteiger partial charge in [-0.2, -0.15) is 0 Å². The largest absolute Gasteiger partial charge is 0.394 e. The van der Waals surface area contributed by atoms with E-state index in [1.165, 1.54) is 0 Å². The second kappa shape index (κ2) is 20.4. The zero-order valence-corrected chi connectivity index (χ0v) is 31.3. The van der Waals surface area contributed by atoms with Gasteiger partial charge in [-0.3, -0.25) is 19.2 Å². The molecule has 0 saturated carbocycles. The van der Waals surface area contributed by atoms with E-state index >= 15 is 0 Å². The molecule has 328 valence electrons. The number of amides is 4. The molecule has 0 aromatic heterocycles. The summed E-state index contributed by atoms with van der Waals surface area (Å²) < 4.78 is 40.6. The lowest BCUT2D eigenvalue weighted by atomic mass is 9.93. The molecule has 0 bridgehead atoms. The van der Waals surface area contributed by atoms with Crippen molar-refractivity contribution in [3.05, 3.63) is 0 Å². The normalized spacial score (nSPS) is 43.8. The van der Waals surface area contributed by atoms with Crippen molar-refractivity contribution >= 4 is 23.6 Å². The molecule has 4 aliphatic rings. The zero-order valence-electron chi connectivity index (χ0n) is 31.3. The van der Waals surface area contributed by atoms with Crippen LogP contribution in [0, 0.1) is 0 Å². The minimum atomic E-state index is -1.89. The lowest BCUT2D eigenvalue weighted by molar-refractivity contribution is -0.362. The lowest BCUT2D eigenvalue weighted by Crippen LogP contribution is -2.71. The van der Waals surface area contributed by atoms with Gasteiger partial charge < -0.3 is 105 Å². The second-order valence-corrected chi connectivity index (χ2v) is 14.1. The number of nitrogens with one attached hydrogen (secondary N) is 4. The van der Waals surface area contributed by atoms with E-state index in [2.05, 4.69) is 21.3 Å². The van der Waals surface area contributed by atoms with Gasteiger partial charge in [0.15, 0.2) is 25.2 Å². The van der Waals surface area contributed by atoms with Gasteiger partial charge in [0, 0.05) is 27.7 Å². The van der Waals surface area contributed by atoms with E-state index in [0.717, 1.165) is 27.7 Å². The minimum absolute atomic E-state index is 0.664. The Morgan fingerprint density at radius 3 is 1.04 bits per heavy atom. The van der Waals surface area contributed by atoms with Gasteiger partial charge >= 0.3 is 0 Å². The molecule has 0 aliphatic carbocycles. The number of carbonyl (C=O) groups is 4. The maximum absolute atomic E-state index is 12.4. The molecule has 57 heavy (non-hydrogen) atoms. The quantitative estimate of drug-likeness (QED) is 0.0773. The Morgan fingerprint density at radius 2 is 0.702 bits per heavy atom. The van der Waals surface area contributed by atoms with Crippen LogP contribution in [0.5, 0.6) is 0 Å². The molecular formula is C32H54N4O21. The molecule has 20 atom stereocenters. The highest BCUT2D eigenvalue weighted by Gasteiger charge is 2.56. The van der Waals surface area contributed by atoms with E-state index in [1.807, 2.05) is 0 Å². The van der Waals surface area contributed by atoms with Gasteiger partial charge in [0.05, 0.1) is 26.4 Å². The summed E-state index contributed by atoms with van der Waals surface area (Å²) in [6, 6.07) is -6.15. The number of hydrogen-bond acceptors (Lipinski definition) is 21. The van der Waals surface area contributed by atoms with Crippen LogP contribution < -0.4 is 21.3 Å². The van der Waals surface area contributed by atoms with Gasteiger partial charge in [-0.25, -0.2) is 0 Å². The third kappa shape index (κ3) is 10.9. The summed E-state index contributed by atoms with van der Waals surface area (Å²) in [5.74, 6) is -2.84. The highest BCUT2D eigenvalue weighted by molar-refractivity contribution is 5.74. The first-order chi connectivity index (χ1) is 26.9. The van der Waals surface area contributed by atoms with Crippen LogP contribution in [0.15, 0.2) is 0 Å². The van der Waals surface area contributed by atoms with Crippen LogP contribution in [0.2, 0.25) is 0 Å². The molecule has 4 rings (SSSR count). The average molecular weight is 831 g/mol. The molecule has 25 heteroatoms. The molecule has 14 N–H and O–H groups in total. The minimum Gasteiger partial charge on any atom is -0.394 e. The van der Waals surface area contributed by atoms with E-state index in [-0.39, 0.29) is 0 Å². The van der Waals surface area contributed by atoms with Crippen molar-refractivity contribution in [3.8, 4) is 0 Å². The Hall–Kier alpha value is -2.80. The first kappa shape index (κ1) is 46.9. The van der Waals surface area contributed by atoms with Crippen molar-refractivity contribution in [2.24, 2.45) is 0 Å². The molecule has 0 aromatic carbocycles. The third-order valence-corrected chi connectivity index (χ3v) is 9.81. The summed E-state index contributed by atoms with van der Waals surface area (Å²) in [6.07, 6.45) is -26.9. The van der Waals surface area contributed by atoms with E-state index in [9.17, 15) is 70.2 Å². The highest BCUT2D eigenvalue weighted by atomic mass is 16.8. The van der Waals surface area contributed by atoms with Gasteiger partial charge in [-0.15, -0.1) is 0 Å². The fourth-order valence-corrected chi connectivity index (χ4v) is 7.17. The number of ether oxygens (including phenoxy) is 7. The number of rotatable bonds is 14. The van der Waals surface area contributed by atoms with E-state index in [0.29, 0.717) is 0 Å². The predicted molar refractivity (Wildman–Crippen MR) is 180 cm³/mol. The lowest BCUT2D eigenvalue weighted by Gasteiger charge is -2.51. The number of hydrogen-bond donors (Lipinski definition) is 14. The van der Waals surface area contributed by atoms with Gasteiger partial charge in [-0.1, -0.05) is 0 Å². The number of carbonyl (C=O) groups excluding carboxylic acids is 4. The summed E-state index contributed by atoms with van der Waals surface area (Å²) in [7, 11) is 0. The first-order valence-electron chi connectivity index (χ1n) is 18.1. The molecule has 4 aliphatic heterocycles. The Bertz CT molecular complexity index is 1370. The summed E-state index contributed by atoms with van der Waals surface area (Å²) in [4.78, 5) is 48.5. The Balaban J connectivity index is 1.61.